The molecule has 1 unspecified atom stereocenters. The Labute approximate surface area is 134 Å². The number of hydrogen-bond acceptors (Lipinski definition) is 6. The number of anilines is 1. The van der Waals surface area contributed by atoms with Gasteiger partial charge in [0.1, 0.15) is 16.4 Å². The predicted molar refractivity (Wildman–Crippen MR) is 83.0 cm³/mol. The number of benzene rings is 1. The Kier molecular flexibility index (Phi) is 4.17. The van der Waals surface area contributed by atoms with E-state index in [1.165, 1.54) is 19.2 Å². The second-order valence-corrected chi connectivity index (χ2v) is 7.32. The first-order valence-electron chi connectivity index (χ1n) is 7.31. The van der Waals surface area contributed by atoms with Crippen LogP contribution in [-0.2, 0) is 14.8 Å². The number of carbonyl (C=O) groups is 1. The van der Waals surface area contributed by atoms with Crippen LogP contribution in [0.3, 0.4) is 0 Å². The molecule has 23 heavy (non-hydrogen) atoms. The quantitative estimate of drug-likeness (QED) is 0.672. The van der Waals surface area contributed by atoms with Crippen molar-refractivity contribution in [3.05, 3.63) is 12.1 Å². The zero-order chi connectivity index (χ0) is 16.6. The van der Waals surface area contributed by atoms with Crippen molar-refractivity contribution < 1.29 is 22.7 Å². The first kappa shape index (κ1) is 16.0. The average Bonchev–Trinajstić information content (AvgIpc) is 3.36. The molecule has 2 aliphatic rings. The van der Waals surface area contributed by atoms with Crippen LogP contribution >= 0.6 is 0 Å². The maximum Gasteiger partial charge on any atom is 0.262 e. The summed E-state index contributed by atoms with van der Waals surface area (Å²) < 4.78 is 38.4. The predicted octanol–water partition coefficient (Wildman–Crippen LogP) is 0.0417. The van der Waals surface area contributed by atoms with Crippen LogP contribution in [0.1, 0.15) is 12.8 Å². The van der Waals surface area contributed by atoms with Gasteiger partial charge in [-0.1, -0.05) is 0 Å². The second kappa shape index (κ2) is 5.99. The van der Waals surface area contributed by atoms with Crippen LogP contribution in [0.15, 0.2) is 17.0 Å². The zero-order valence-electron chi connectivity index (χ0n) is 12.7. The molecule has 1 aromatic rings. The van der Waals surface area contributed by atoms with Crippen LogP contribution < -0.4 is 25.2 Å². The number of methoxy groups -OCH3 is 1. The molecule has 0 aromatic heterocycles. The van der Waals surface area contributed by atoms with Crippen LogP contribution in [0.5, 0.6) is 11.5 Å². The van der Waals surface area contributed by atoms with Gasteiger partial charge in [0, 0.05) is 24.7 Å². The number of ether oxygens (including phenoxy) is 2. The van der Waals surface area contributed by atoms with E-state index in [1.54, 1.807) is 0 Å². The fourth-order valence-electron chi connectivity index (χ4n) is 2.56. The molecule has 1 aliphatic carbocycles. The van der Waals surface area contributed by atoms with Gasteiger partial charge in [0.2, 0.25) is 10.0 Å². The first-order chi connectivity index (χ1) is 10.9. The number of nitrogens with one attached hydrogen (secondary N) is 2. The number of amides is 1. The lowest BCUT2D eigenvalue weighted by Crippen LogP contribution is -2.41. The number of nitrogens with two attached hydrogens (primary N) is 1. The molecule has 0 radical (unpaired) electrons. The molecule has 1 heterocycles. The minimum absolute atomic E-state index is 0.0333. The van der Waals surface area contributed by atoms with E-state index in [1.807, 2.05) is 0 Å². The van der Waals surface area contributed by atoms with Gasteiger partial charge in [-0.25, -0.2) is 13.1 Å². The van der Waals surface area contributed by atoms with Crippen molar-refractivity contribution in [3.8, 4) is 11.5 Å². The Morgan fingerprint density at radius 1 is 1.48 bits per heavy atom. The summed E-state index contributed by atoms with van der Waals surface area (Å²) in [6.07, 6.45) is 1.95. The summed E-state index contributed by atoms with van der Waals surface area (Å²) in [7, 11) is -2.45. The average molecular weight is 341 g/mol. The van der Waals surface area contributed by atoms with E-state index in [9.17, 15) is 13.2 Å². The summed E-state index contributed by atoms with van der Waals surface area (Å²) >= 11 is 0. The number of hydrogen-bond donors (Lipinski definition) is 3. The Morgan fingerprint density at radius 3 is 2.83 bits per heavy atom. The second-order valence-electron chi connectivity index (χ2n) is 5.64. The third-order valence-corrected chi connectivity index (χ3v) is 5.45. The molecular weight excluding hydrogens is 322 g/mol. The molecule has 8 nitrogen and oxygen atoms in total. The van der Waals surface area contributed by atoms with E-state index < -0.39 is 10.0 Å². The third-order valence-electron chi connectivity index (χ3n) is 3.94. The largest absolute Gasteiger partial charge is 0.495 e. The summed E-state index contributed by atoms with van der Waals surface area (Å²) in [5, 5.41) is 2.61. The van der Waals surface area contributed by atoms with Crippen molar-refractivity contribution in [3.63, 3.8) is 0 Å². The first-order valence-corrected chi connectivity index (χ1v) is 8.80. The Bertz CT molecular complexity index is 730. The molecule has 0 spiro atoms. The molecule has 126 valence electrons. The number of rotatable bonds is 6. The summed E-state index contributed by atoms with van der Waals surface area (Å²) in [6.45, 7) is 0.0868. The van der Waals surface area contributed by atoms with Crippen LogP contribution in [0, 0.1) is 5.92 Å². The van der Waals surface area contributed by atoms with Crippen LogP contribution in [0.4, 0.5) is 5.69 Å². The van der Waals surface area contributed by atoms with Gasteiger partial charge >= 0.3 is 0 Å². The summed E-state index contributed by atoms with van der Waals surface area (Å²) in [5.74, 6) is 0.411. The van der Waals surface area contributed by atoms with Crippen molar-refractivity contribution in [2.45, 2.75) is 23.8 Å². The molecule has 1 aromatic carbocycles. The third kappa shape index (κ3) is 3.26. The molecule has 9 heteroatoms. The van der Waals surface area contributed by atoms with Crippen LogP contribution in [-0.4, -0.2) is 40.6 Å². The molecule has 0 saturated heterocycles. The van der Waals surface area contributed by atoms with Crippen molar-refractivity contribution in [2.75, 3.05) is 25.6 Å². The lowest BCUT2D eigenvalue weighted by atomic mass is 10.2. The van der Waals surface area contributed by atoms with E-state index in [0.29, 0.717) is 11.4 Å². The maximum absolute atomic E-state index is 12.7. The summed E-state index contributed by atoms with van der Waals surface area (Å²) in [4.78, 5) is 11.3. The van der Waals surface area contributed by atoms with Crippen molar-refractivity contribution in [1.29, 1.82) is 0 Å². The summed E-state index contributed by atoms with van der Waals surface area (Å²) in [6, 6.07) is 2.51. The number of fused-ring (bicyclic) bond motifs is 1. The highest BCUT2D eigenvalue weighted by Gasteiger charge is 2.35. The highest BCUT2D eigenvalue weighted by molar-refractivity contribution is 7.89. The lowest BCUT2D eigenvalue weighted by molar-refractivity contribution is -0.118. The molecular formula is C14H19N3O5S. The molecule has 1 atom stereocenters. The van der Waals surface area contributed by atoms with Gasteiger partial charge in [-0.2, -0.15) is 0 Å². The van der Waals surface area contributed by atoms with Crippen LogP contribution in [0.2, 0.25) is 0 Å². The minimum Gasteiger partial charge on any atom is -0.495 e. The Balaban J connectivity index is 1.95. The number of sulfonamides is 1. The Morgan fingerprint density at radius 2 is 2.22 bits per heavy atom. The van der Waals surface area contributed by atoms with Gasteiger partial charge in [0.25, 0.3) is 5.91 Å². The smallest absolute Gasteiger partial charge is 0.262 e. The summed E-state index contributed by atoms with van der Waals surface area (Å²) in [5.41, 5.74) is 6.05. The molecule has 0 bridgehead atoms. The zero-order valence-corrected chi connectivity index (χ0v) is 13.5. The van der Waals surface area contributed by atoms with E-state index in [0.717, 1.165) is 12.8 Å². The molecule has 1 fully saturated rings. The highest BCUT2D eigenvalue weighted by Crippen LogP contribution is 2.38. The van der Waals surface area contributed by atoms with E-state index in [2.05, 4.69) is 10.0 Å². The normalized spacial score (nSPS) is 18.6. The number of carbonyl (C=O) groups excluding carboxylic acids is 1. The monoisotopic (exact) mass is 341 g/mol. The van der Waals surface area contributed by atoms with Gasteiger partial charge in [0.05, 0.1) is 12.8 Å². The molecule has 1 aliphatic heterocycles. The minimum atomic E-state index is -3.81. The van der Waals surface area contributed by atoms with Crippen molar-refractivity contribution in [2.24, 2.45) is 11.7 Å². The van der Waals surface area contributed by atoms with Gasteiger partial charge in [-0.3, -0.25) is 4.79 Å². The van der Waals surface area contributed by atoms with Gasteiger partial charge in [0.15, 0.2) is 6.61 Å². The maximum atomic E-state index is 12.7. The van der Waals surface area contributed by atoms with E-state index >= 15 is 0 Å². The van der Waals surface area contributed by atoms with Gasteiger partial charge in [-0.15, -0.1) is 0 Å². The van der Waals surface area contributed by atoms with Gasteiger partial charge in [-0.05, 0) is 18.8 Å². The molecule has 4 N–H and O–H groups in total. The lowest BCUT2D eigenvalue weighted by Gasteiger charge is -2.22. The molecule has 1 saturated carbocycles. The molecule has 3 rings (SSSR count). The SMILES string of the molecule is COc1cc2c(cc1S(=O)(=O)NC(CN)C1CC1)OCC(=O)N2. The van der Waals surface area contributed by atoms with Crippen LogP contribution in [0.25, 0.3) is 0 Å². The topological polar surface area (TPSA) is 120 Å². The van der Waals surface area contributed by atoms with E-state index in [4.69, 9.17) is 15.2 Å². The van der Waals surface area contributed by atoms with Gasteiger partial charge < -0.3 is 20.5 Å². The fourth-order valence-corrected chi connectivity index (χ4v) is 4.04. The molecule has 1 amide bonds. The standard InChI is InChI=1S/C14H19N3O5S/c1-21-12-4-9-11(22-7-14(18)16-9)5-13(12)23(19,20)17-10(6-15)8-2-3-8/h4-5,8,10,17H,2-3,6-7,15H2,1H3,(H,16,18). The fraction of sp³-hybridized carbons (Fsp3) is 0.500. The highest BCUT2D eigenvalue weighted by atomic mass is 32.2. The van der Waals surface area contributed by atoms with Crippen molar-refractivity contribution in [1.82, 2.24) is 4.72 Å². The van der Waals surface area contributed by atoms with E-state index in [-0.39, 0.29) is 41.7 Å². The Hall–Kier alpha value is -1.84. The van der Waals surface area contributed by atoms with Crippen molar-refractivity contribution >= 4 is 21.6 Å².